The van der Waals surface area contributed by atoms with Gasteiger partial charge in [-0.05, 0) is 170 Å². The van der Waals surface area contributed by atoms with Crippen LogP contribution in [0.2, 0.25) is 0 Å². The van der Waals surface area contributed by atoms with Gasteiger partial charge in [-0.15, -0.1) is 0 Å². The summed E-state index contributed by atoms with van der Waals surface area (Å²) in [5.41, 5.74) is 18.8. The summed E-state index contributed by atoms with van der Waals surface area (Å²) in [6.07, 6.45) is 0. The van der Waals surface area contributed by atoms with E-state index in [9.17, 15) is 0 Å². The van der Waals surface area contributed by atoms with E-state index in [1.54, 1.807) is 0 Å². The molecule has 8 aromatic rings. The maximum absolute atomic E-state index is 2.59. The molecule has 304 valence electrons. The van der Waals surface area contributed by atoms with Crippen LogP contribution in [0.5, 0.6) is 0 Å². The Labute approximate surface area is 360 Å². The molecule has 0 spiro atoms. The molecule has 0 heterocycles. The maximum Gasteiger partial charge on any atom is -0.000139 e. The van der Waals surface area contributed by atoms with E-state index in [2.05, 4.69) is 217 Å². The van der Waals surface area contributed by atoms with Crippen LogP contribution in [0.3, 0.4) is 0 Å². The van der Waals surface area contributed by atoms with Crippen LogP contribution >= 0.6 is 0 Å². The third-order valence-electron chi connectivity index (χ3n) is 13.1. The fourth-order valence-corrected chi connectivity index (χ4v) is 9.86. The lowest BCUT2D eigenvalue weighted by Gasteiger charge is -2.28. The lowest BCUT2D eigenvalue weighted by Crippen LogP contribution is -2.04. The Hall–Kier alpha value is -5.46. The number of benzene rings is 8. The zero-order chi connectivity index (χ0) is 42.6. The van der Waals surface area contributed by atoms with E-state index in [1.807, 2.05) is 0 Å². The van der Waals surface area contributed by atoms with Crippen molar-refractivity contribution < 1.29 is 0 Å². The first-order valence-corrected chi connectivity index (χ1v) is 22.7. The zero-order valence-corrected chi connectivity index (χ0v) is 38.2. The molecule has 60 heavy (non-hydrogen) atoms. The molecule has 0 saturated heterocycles. The van der Waals surface area contributed by atoms with Crippen LogP contribution in [0.15, 0.2) is 133 Å². The van der Waals surface area contributed by atoms with Crippen molar-refractivity contribution in [3.8, 4) is 44.5 Å². The van der Waals surface area contributed by atoms with E-state index < -0.39 is 0 Å². The first-order valence-electron chi connectivity index (χ1n) is 22.7. The van der Waals surface area contributed by atoms with E-state index in [1.165, 1.54) is 110 Å². The number of hydrogen-bond acceptors (Lipinski definition) is 0. The number of fused-ring (bicyclic) bond motifs is 3. The predicted molar refractivity (Wildman–Crippen MR) is 265 cm³/mol. The third kappa shape index (κ3) is 7.27. The highest BCUT2D eigenvalue weighted by molar-refractivity contribution is 6.34. The molecule has 0 heteroatoms. The lowest BCUT2D eigenvalue weighted by molar-refractivity contribution is 0.793. The minimum absolute atomic E-state index is 0.377. The van der Waals surface area contributed by atoms with E-state index in [4.69, 9.17) is 0 Å². The van der Waals surface area contributed by atoms with Gasteiger partial charge in [0.2, 0.25) is 0 Å². The SMILES string of the molecule is CC(C)c1ccc(-c2c3cc(C(C)C)c(C(C)C)cc3c(-c3ccccc3)c3c(-c4ccc(C(C)C)cc4)c4cc(C(C)C)c(C(C)C)cc4c(-c4ccccc4)c23)cc1. The Morgan fingerprint density at radius 1 is 0.250 bits per heavy atom. The second-order valence-electron chi connectivity index (χ2n) is 19.2. The van der Waals surface area contributed by atoms with Gasteiger partial charge in [-0.25, -0.2) is 0 Å². The van der Waals surface area contributed by atoms with Gasteiger partial charge in [0.25, 0.3) is 0 Å². The summed E-state index contributed by atoms with van der Waals surface area (Å²) in [6.45, 7) is 28.1. The van der Waals surface area contributed by atoms with Gasteiger partial charge in [-0.1, -0.05) is 192 Å². The highest BCUT2D eigenvalue weighted by Gasteiger charge is 2.29. The van der Waals surface area contributed by atoms with E-state index in [-0.39, 0.29) is 0 Å². The van der Waals surface area contributed by atoms with Gasteiger partial charge in [-0.2, -0.15) is 0 Å². The van der Waals surface area contributed by atoms with Gasteiger partial charge < -0.3 is 0 Å². The summed E-state index contributed by atoms with van der Waals surface area (Å²) in [4.78, 5) is 0. The fourth-order valence-electron chi connectivity index (χ4n) is 9.86. The monoisotopic (exact) mass is 785 g/mol. The lowest BCUT2D eigenvalue weighted by atomic mass is 9.75. The molecular formula is C60H64. The van der Waals surface area contributed by atoms with Crippen LogP contribution in [-0.2, 0) is 0 Å². The maximum atomic E-state index is 2.59. The summed E-state index contributed by atoms with van der Waals surface area (Å²) >= 11 is 0. The zero-order valence-electron chi connectivity index (χ0n) is 38.2. The molecule has 0 aromatic heterocycles. The van der Waals surface area contributed by atoms with Crippen molar-refractivity contribution in [1.82, 2.24) is 0 Å². The Balaban J connectivity index is 1.79. The molecule has 0 aliphatic rings. The highest BCUT2D eigenvalue weighted by Crippen LogP contribution is 2.55. The molecule has 0 bridgehead atoms. The molecule has 0 unspecified atom stereocenters. The van der Waals surface area contributed by atoms with Gasteiger partial charge in [0, 0.05) is 0 Å². The molecule has 0 radical (unpaired) electrons. The average Bonchev–Trinajstić information content (AvgIpc) is 3.24. The van der Waals surface area contributed by atoms with Gasteiger partial charge >= 0.3 is 0 Å². The van der Waals surface area contributed by atoms with Crippen molar-refractivity contribution >= 4 is 32.3 Å². The number of rotatable bonds is 10. The van der Waals surface area contributed by atoms with Gasteiger partial charge in [-0.3, -0.25) is 0 Å². The second-order valence-corrected chi connectivity index (χ2v) is 19.2. The Morgan fingerprint density at radius 3 is 0.700 bits per heavy atom. The van der Waals surface area contributed by atoms with Crippen molar-refractivity contribution in [2.75, 3.05) is 0 Å². The Kier molecular flexibility index (Phi) is 11.4. The van der Waals surface area contributed by atoms with Crippen molar-refractivity contribution in [2.45, 2.75) is 119 Å². The van der Waals surface area contributed by atoms with Crippen LogP contribution in [0.4, 0.5) is 0 Å². The van der Waals surface area contributed by atoms with Gasteiger partial charge in [0.15, 0.2) is 0 Å². The summed E-state index contributed by atoms with van der Waals surface area (Å²) in [6, 6.07) is 52.1. The minimum Gasteiger partial charge on any atom is -0.0622 e. The molecule has 0 aliphatic carbocycles. The summed E-state index contributed by atoms with van der Waals surface area (Å²) in [7, 11) is 0. The third-order valence-corrected chi connectivity index (χ3v) is 13.1. The molecule has 0 N–H and O–H groups in total. The summed E-state index contributed by atoms with van der Waals surface area (Å²) in [5.74, 6) is 2.40. The van der Waals surface area contributed by atoms with Crippen LogP contribution in [0, 0.1) is 0 Å². The molecule has 8 rings (SSSR count). The van der Waals surface area contributed by atoms with Crippen molar-refractivity contribution in [1.29, 1.82) is 0 Å². The van der Waals surface area contributed by atoms with Crippen molar-refractivity contribution in [3.63, 3.8) is 0 Å². The second kappa shape index (κ2) is 16.5. The molecule has 0 amide bonds. The standard InChI is InChI=1S/C60H64/c1-35(2)41-23-27-45(28-24-41)57-53-33-49(39(9)10)47(37(5)6)31-51(53)56(44-21-17-14-18-22-44)60-58(46-29-25-42(26-30-46)36(3)4)54-34-50(40(11)12)48(38(7)8)32-52(54)55(59(57)60)43-19-15-13-16-20-43/h13-40H,1-12H3. The molecule has 0 aliphatic heterocycles. The largest absolute Gasteiger partial charge is 0.0622 e. The fraction of sp³-hybridized carbons (Fsp3) is 0.300. The van der Waals surface area contributed by atoms with Crippen LogP contribution in [0.25, 0.3) is 76.8 Å². The quantitative estimate of drug-likeness (QED) is 0.121. The molecule has 0 saturated carbocycles. The molecular weight excluding hydrogens is 721 g/mol. The first-order chi connectivity index (χ1) is 28.8. The molecule has 0 fully saturated rings. The van der Waals surface area contributed by atoms with Crippen LogP contribution in [0.1, 0.15) is 152 Å². The molecule has 8 aromatic carbocycles. The van der Waals surface area contributed by atoms with E-state index in [0.717, 1.165) is 0 Å². The Bertz CT molecular complexity index is 2610. The van der Waals surface area contributed by atoms with Gasteiger partial charge in [0.1, 0.15) is 0 Å². The minimum atomic E-state index is 0.377. The normalized spacial score (nSPS) is 12.2. The van der Waals surface area contributed by atoms with Crippen molar-refractivity contribution in [3.05, 3.63) is 167 Å². The van der Waals surface area contributed by atoms with Crippen molar-refractivity contribution in [2.24, 2.45) is 0 Å². The molecule has 0 nitrogen and oxygen atoms in total. The summed E-state index contributed by atoms with van der Waals surface area (Å²) < 4.78 is 0. The number of hydrogen-bond donors (Lipinski definition) is 0. The average molecular weight is 785 g/mol. The highest BCUT2D eigenvalue weighted by atomic mass is 14.3. The molecule has 0 atom stereocenters. The van der Waals surface area contributed by atoms with Crippen LogP contribution in [-0.4, -0.2) is 0 Å². The topological polar surface area (TPSA) is 0 Å². The smallest absolute Gasteiger partial charge is 0.000139 e. The van der Waals surface area contributed by atoms with E-state index in [0.29, 0.717) is 35.5 Å². The van der Waals surface area contributed by atoms with Crippen LogP contribution < -0.4 is 0 Å². The predicted octanol–water partition coefficient (Wildman–Crippen LogP) is 18.6. The summed E-state index contributed by atoms with van der Waals surface area (Å²) in [5, 5.41) is 7.97. The van der Waals surface area contributed by atoms with Gasteiger partial charge in [0.05, 0.1) is 0 Å². The first kappa shape index (κ1) is 41.3. The Morgan fingerprint density at radius 2 is 0.483 bits per heavy atom. The van der Waals surface area contributed by atoms with E-state index >= 15 is 0 Å².